The van der Waals surface area contributed by atoms with Crippen molar-refractivity contribution in [2.24, 2.45) is 0 Å². The van der Waals surface area contributed by atoms with Crippen molar-refractivity contribution >= 4 is 11.8 Å². The molecule has 7 nitrogen and oxygen atoms in total. The molecular weight excluding hydrogens is 368 g/mol. The van der Waals surface area contributed by atoms with Crippen molar-refractivity contribution < 1.29 is 14.1 Å². The summed E-state index contributed by atoms with van der Waals surface area (Å²) in [5.41, 5.74) is 1.66. The summed E-state index contributed by atoms with van der Waals surface area (Å²) in [5.74, 6) is 0.590. The third-order valence-corrected chi connectivity index (χ3v) is 5.19. The van der Waals surface area contributed by atoms with Crippen LogP contribution in [0.15, 0.2) is 65.2 Å². The predicted octanol–water partition coefficient (Wildman–Crippen LogP) is 3.08. The van der Waals surface area contributed by atoms with E-state index >= 15 is 0 Å². The van der Waals surface area contributed by atoms with Crippen molar-refractivity contribution in [3.63, 3.8) is 0 Å². The van der Waals surface area contributed by atoms with Gasteiger partial charge in [0, 0.05) is 24.4 Å². The van der Waals surface area contributed by atoms with Gasteiger partial charge < -0.3 is 14.7 Å². The minimum absolute atomic E-state index is 0.00904. The van der Waals surface area contributed by atoms with E-state index in [1.165, 1.54) is 0 Å². The van der Waals surface area contributed by atoms with Crippen LogP contribution >= 0.6 is 0 Å². The molecule has 1 aromatic heterocycles. The molecule has 3 aromatic rings. The molecule has 1 N–H and O–H groups in total. The van der Waals surface area contributed by atoms with E-state index in [1.807, 2.05) is 48.2 Å². The molecule has 0 aliphatic carbocycles. The lowest BCUT2D eigenvalue weighted by molar-refractivity contribution is -0.129. The largest absolute Gasteiger partial charge is 0.343 e. The molecule has 4 rings (SSSR count). The fourth-order valence-corrected chi connectivity index (χ4v) is 3.54. The van der Waals surface area contributed by atoms with Crippen LogP contribution in [0.1, 0.15) is 52.9 Å². The van der Waals surface area contributed by atoms with Crippen LogP contribution in [0.4, 0.5) is 0 Å². The summed E-state index contributed by atoms with van der Waals surface area (Å²) in [6.07, 6.45) is 0.354. The fourth-order valence-electron chi connectivity index (χ4n) is 3.54. The molecule has 1 aliphatic rings. The average Bonchev–Trinajstić information content (AvgIpc) is 3.39. The summed E-state index contributed by atoms with van der Waals surface area (Å²) < 4.78 is 5.27. The molecule has 0 bridgehead atoms. The standard InChI is InChI=1S/C22H22N4O3/c1-15(16-8-4-2-5-9-16)26-14-18(12-20(26)27)21-24-19(29-25-21)13-23-22(28)17-10-6-3-7-11-17/h2-11,15,18H,12-14H2,1H3,(H,23,28). The first-order valence-electron chi connectivity index (χ1n) is 9.62. The van der Waals surface area contributed by atoms with Crippen LogP contribution in [0.5, 0.6) is 0 Å². The van der Waals surface area contributed by atoms with Crippen LogP contribution in [0, 0.1) is 0 Å². The highest BCUT2D eigenvalue weighted by molar-refractivity contribution is 5.93. The monoisotopic (exact) mass is 390 g/mol. The van der Waals surface area contributed by atoms with Crippen LogP contribution in [0.3, 0.4) is 0 Å². The van der Waals surface area contributed by atoms with Crippen LogP contribution in [-0.2, 0) is 11.3 Å². The molecule has 1 fully saturated rings. The van der Waals surface area contributed by atoms with Gasteiger partial charge in [-0.3, -0.25) is 9.59 Å². The van der Waals surface area contributed by atoms with E-state index in [0.717, 1.165) is 5.56 Å². The zero-order valence-corrected chi connectivity index (χ0v) is 16.1. The maximum Gasteiger partial charge on any atom is 0.251 e. The first kappa shape index (κ1) is 18.9. The van der Waals surface area contributed by atoms with E-state index in [9.17, 15) is 9.59 Å². The number of benzene rings is 2. The summed E-state index contributed by atoms with van der Waals surface area (Å²) >= 11 is 0. The normalized spacial score (nSPS) is 17.3. The third kappa shape index (κ3) is 4.18. The molecule has 1 aliphatic heterocycles. The molecule has 0 saturated carbocycles. The van der Waals surface area contributed by atoms with Crippen LogP contribution in [0.2, 0.25) is 0 Å². The van der Waals surface area contributed by atoms with Crippen molar-refractivity contribution in [2.75, 3.05) is 6.54 Å². The van der Waals surface area contributed by atoms with Gasteiger partial charge in [-0.1, -0.05) is 53.7 Å². The van der Waals surface area contributed by atoms with Gasteiger partial charge in [-0.15, -0.1) is 0 Å². The first-order valence-corrected chi connectivity index (χ1v) is 9.62. The molecule has 1 saturated heterocycles. The maximum atomic E-state index is 12.5. The Kier molecular flexibility index (Phi) is 5.37. The van der Waals surface area contributed by atoms with Crippen LogP contribution < -0.4 is 5.32 Å². The van der Waals surface area contributed by atoms with Gasteiger partial charge in [0.15, 0.2) is 5.82 Å². The lowest BCUT2D eigenvalue weighted by atomic mass is 10.1. The second-order valence-electron chi connectivity index (χ2n) is 7.13. The molecule has 2 amide bonds. The van der Waals surface area contributed by atoms with Crippen molar-refractivity contribution in [1.29, 1.82) is 0 Å². The molecule has 2 atom stereocenters. The van der Waals surface area contributed by atoms with E-state index in [0.29, 0.717) is 30.2 Å². The number of nitrogens with one attached hydrogen (secondary N) is 1. The van der Waals surface area contributed by atoms with Crippen LogP contribution in [-0.4, -0.2) is 33.4 Å². The van der Waals surface area contributed by atoms with Crippen molar-refractivity contribution in [3.05, 3.63) is 83.5 Å². The average molecular weight is 390 g/mol. The lowest BCUT2D eigenvalue weighted by Crippen LogP contribution is -2.28. The Hall–Kier alpha value is -3.48. The van der Waals surface area contributed by atoms with E-state index < -0.39 is 0 Å². The van der Waals surface area contributed by atoms with Gasteiger partial charge in [0.2, 0.25) is 11.8 Å². The van der Waals surface area contributed by atoms with Crippen LogP contribution in [0.25, 0.3) is 0 Å². The van der Waals surface area contributed by atoms with Crippen molar-refractivity contribution in [2.45, 2.75) is 31.8 Å². The molecule has 29 heavy (non-hydrogen) atoms. The van der Waals surface area contributed by atoms with Gasteiger partial charge in [0.25, 0.3) is 5.91 Å². The Morgan fingerprint density at radius 3 is 2.59 bits per heavy atom. The number of hydrogen-bond acceptors (Lipinski definition) is 5. The number of carbonyl (C=O) groups is 2. The Labute approximate surface area is 168 Å². The van der Waals surface area contributed by atoms with E-state index in [2.05, 4.69) is 15.5 Å². The second-order valence-corrected chi connectivity index (χ2v) is 7.13. The highest BCUT2D eigenvalue weighted by atomic mass is 16.5. The highest BCUT2D eigenvalue weighted by Crippen LogP contribution is 2.32. The summed E-state index contributed by atoms with van der Waals surface area (Å²) in [4.78, 5) is 30.9. The van der Waals surface area contributed by atoms with Crippen molar-refractivity contribution in [3.8, 4) is 0 Å². The predicted molar refractivity (Wildman–Crippen MR) is 106 cm³/mol. The highest BCUT2D eigenvalue weighted by Gasteiger charge is 2.36. The lowest BCUT2D eigenvalue weighted by Gasteiger charge is -2.25. The molecule has 2 heterocycles. The van der Waals surface area contributed by atoms with Gasteiger partial charge in [0.1, 0.15) is 0 Å². The molecule has 2 aromatic carbocycles. The number of carbonyl (C=O) groups excluding carboxylic acids is 2. The SMILES string of the molecule is CC(c1ccccc1)N1CC(c2noc(CNC(=O)c3ccccc3)n2)CC1=O. The maximum absolute atomic E-state index is 12.5. The summed E-state index contributed by atoms with van der Waals surface area (Å²) in [5, 5.41) is 6.80. The molecule has 2 unspecified atom stereocenters. The number of nitrogens with zero attached hydrogens (tertiary/aromatic N) is 3. The van der Waals surface area contributed by atoms with E-state index in [-0.39, 0.29) is 30.3 Å². The summed E-state index contributed by atoms with van der Waals surface area (Å²) in [7, 11) is 0. The molecule has 0 radical (unpaired) electrons. The summed E-state index contributed by atoms with van der Waals surface area (Å²) in [6, 6.07) is 18.9. The zero-order chi connectivity index (χ0) is 20.2. The Morgan fingerprint density at radius 1 is 1.17 bits per heavy atom. The Morgan fingerprint density at radius 2 is 1.86 bits per heavy atom. The van der Waals surface area contributed by atoms with E-state index in [4.69, 9.17) is 4.52 Å². The number of likely N-dealkylation sites (tertiary alicyclic amines) is 1. The first-order chi connectivity index (χ1) is 14.1. The third-order valence-electron chi connectivity index (χ3n) is 5.19. The Balaban J connectivity index is 1.37. The molecule has 0 spiro atoms. The van der Waals surface area contributed by atoms with Gasteiger partial charge in [-0.05, 0) is 24.6 Å². The minimum Gasteiger partial charge on any atom is -0.343 e. The van der Waals surface area contributed by atoms with Gasteiger partial charge in [-0.25, -0.2) is 0 Å². The topological polar surface area (TPSA) is 88.3 Å². The second kappa shape index (κ2) is 8.26. The molecule has 7 heteroatoms. The quantitative estimate of drug-likeness (QED) is 0.699. The summed E-state index contributed by atoms with van der Waals surface area (Å²) in [6.45, 7) is 2.71. The van der Waals surface area contributed by atoms with Gasteiger partial charge >= 0.3 is 0 Å². The molecular formula is C22H22N4O3. The smallest absolute Gasteiger partial charge is 0.251 e. The van der Waals surface area contributed by atoms with E-state index in [1.54, 1.807) is 24.3 Å². The number of hydrogen-bond donors (Lipinski definition) is 1. The zero-order valence-electron chi connectivity index (χ0n) is 16.1. The van der Waals surface area contributed by atoms with Crippen molar-refractivity contribution in [1.82, 2.24) is 20.4 Å². The van der Waals surface area contributed by atoms with Gasteiger partial charge in [-0.2, -0.15) is 4.98 Å². The fraction of sp³-hybridized carbons (Fsp3) is 0.273. The number of amides is 2. The Bertz CT molecular complexity index is 988. The number of aromatic nitrogens is 2. The number of rotatable bonds is 6. The van der Waals surface area contributed by atoms with Gasteiger partial charge in [0.05, 0.1) is 12.6 Å². The minimum atomic E-state index is -0.204. The molecule has 148 valence electrons.